The summed E-state index contributed by atoms with van der Waals surface area (Å²) in [6.07, 6.45) is 0. The number of benzene rings is 2. The molecule has 0 heterocycles. The minimum Gasteiger partial charge on any atom is -0.508 e. The van der Waals surface area contributed by atoms with E-state index in [0.717, 1.165) is 22.3 Å². The Hall–Kier alpha value is -2.29. The van der Waals surface area contributed by atoms with Gasteiger partial charge in [-0.05, 0) is 48.2 Å². The van der Waals surface area contributed by atoms with E-state index in [1.54, 1.807) is 6.07 Å². The fourth-order valence-electron chi connectivity index (χ4n) is 2.59. The highest BCUT2D eigenvalue weighted by atomic mass is 16.5. The average Bonchev–Trinajstić information content (AvgIpc) is 2.51. The maximum Gasteiger partial charge on any atom is 0.313 e. The van der Waals surface area contributed by atoms with Gasteiger partial charge in [0.05, 0.1) is 5.92 Å². The van der Waals surface area contributed by atoms with Gasteiger partial charge in [0.2, 0.25) is 0 Å². The second kappa shape index (κ2) is 6.68. The Balaban J connectivity index is 2.35. The van der Waals surface area contributed by atoms with Gasteiger partial charge in [-0.15, -0.1) is 0 Å². The second-order valence-electron chi connectivity index (χ2n) is 7.18. The van der Waals surface area contributed by atoms with Gasteiger partial charge in [-0.2, -0.15) is 0 Å². The molecule has 0 aliphatic heterocycles. The predicted octanol–water partition coefficient (Wildman–Crippen LogP) is 4.90. The third-order valence-corrected chi connectivity index (χ3v) is 4.50. The van der Waals surface area contributed by atoms with E-state index in [-0.39, 0.29) is 17.3 Å². The summed E-state index contributed by atoms with van der Waals surface area (Å²) in [6.45, 7) is 11.8. The molecule has 0 bridgehead atoms. The average molecular weight is 326 g/mol. The first-order chi connectivity index (χ1) is 11.1. The number of carbonyl (C=O) groups excluding carboxylic acids is 1. The van der Waals surface area contributed by atoms with E-state index in [0.29, 0.717) is 11.5 Å². The molecule has 0 saturated heterocycles. The molecule has 0 atom stereocenters. The lowest BCUT2D eigenvalue weighted by molar-refractivity contribution is -0.137. The van der Waals surface area contributed by atoms with Crippen LogP contribution in [0.2, 0.25) is 0 Å². The van der Waals surface area contributed by atoms with Gasteiger partial charge >= 0.3 is 5.97 Å². The summed E-state index contributed by atoms with van der Waals surface area (Å²) in [4.78, 5) is 11.8. The number of aromatic hydroxyl groups is 1. The smallest absolute Gasteiger partial charge is 0.313 e. The monoisotopic (exact) mass is 326 g/mol. The molecule has 0 amide bonds. The Kier molecular flexibility index (Phi) is 5.02. The van der Waals surface area contributed by atoms with Crippen LogP contribution in [-0.4, -0.2) is 11.1 Å². The zero-order valence-corrected chi connectivity index (χ0v) is 15.3. The molecule has 128 valence electrons. The summed E-state index contributed by atoms with van der Waals surface area (Å²) < 4.78 is 5.44. The van der Waals surface area contributed by atoms with Crippen molar-refractivity contribution in [3.63, 3.8) is 0 Å². The van der Waals surface area contributed by atoms with Gasteiger partial charge in [0.25, 0.3) is 0 Å². The highest BCUT2D eigenvalue weighted by Crippen LogP contribution is 2.35. The first kappa shape index (κ1) is 18.1. The predicted molar refractivity (Wildman–Crippen MR) is 96.6 cm³/mol. The van der Waals surface area contributed by atoms with Crippen molar-refractivity contribution in [2.45, 2.75) is 47.0 Å². The molecular formula is C21H26O3. The molecule has 2 aromatic carbocycles. The van der Waals surface area contributed by atoms with Crippen molar-refractivity contribution < 1.29 is 14.6 Å². The van der Waals surface area contributed by atoms with Crippen LogP contribution in [0.1, 0.15) is 49.9 Å². The zero-order valence-electron chi connectivity index (χ0n) is 15.3. The Morgan fingerprint density at radius 3 is 2.04 bits per heavy atom. The second-order valence-corrected chi connectivity index (χ2v) is 7.18. The summed E-state index contributed by atoms with van der Waals surface area (Å²) in [6, 6.07) is 11.6. The van der Waals surface area contributed by atoms with Gasteiger partial charge in [-0.1, -0.05) is 52.0 Å². The summed E-state index contributed by atoms with van der Waals surface area (Å²) in [5.74, 6) is 0.538. The number of rotatable bonds is 4. The van der Waals surface area contributed by atoms with Crippen molar-refractivity contribution in [1.82, 2.24) is 0 Å². The third-order valence-electron chi connectivity index (χ3n) is 4.50. The highest BCUT2D eigenvalue weighted by molar-refractivity contribution is 5.74. The Bertz CT molecular complexity index is 758. The van der Waals surface area contributed by atoms with Gasteiger partial charge < -0.3 is 9.84 Å². The molecule has 0 unspecified atom stereocenters. The van der Waals surface area contributed by atoms with Crippen molar-refractivity contribution in [1.29, 1.82) is 0 Å². The van der Waals surface area contributed by atoms with Gasteiger partial charge in [-0.25, -0.2) is 0 Å². The molecule has 0 aliphatic carbocycles. The van der Waals surface area contributed by atoms with E-state index in [9.17, 15) is 9.90 Å². The van der Waals surface area contributed by atoms with Crippen LogP contribution in [0.5, 0.6) is 11.5 Å². The van der Waals surface area contributed by atoms with Crippen LogP contribution < -0.4 is 4.74 Å². The topological polar surface area (TPSA) is 46.5 Å². The Labute approximate surface area is 144 Å². The SMILES string of the molecule is Cc1cc(C(C)(C)c2ccc(OC(=O)C(C)C)c(C)c2)ccc1O. The van der Waals surface area contributed by atoms with Crippen molar-refractivity contribution in [2.24, 2.45) is 5.92 Å². The van der Waals surface area contributed by atoms with Crippen LogP contribution >= 0.6 is 0 Å². The highest BCUT2D eigenvalue weighted by Gasteiger charge is 2.24. The van der Waals surface area contributed by atoms with Gasteiger partial charge in [0.1, 0.15) is 11.5 Å². The quantitative estimate of drug-likeness (QED) is 0.642. The number of hydrogen-bond donors (Lipinski definition) is 1. The van der Waals surface area contributed by atoms with Crippen LogP contribution in [-0.2, 0) is 10.2 Å². The molecular weight excluding hydrogens is 300 g/mol. The number of phenols is 1. The van der Waals surface area contributed by atoms with E-state index in [2.05, 4.69) is 19.9 Å². The first-order valence-electron chi connectivity index (χ1n) is 8.26. The molecule has 3 nitrogen and oxygen atoms in total. The normalized spacial score (nSPS) is 11.6. The Morgan fingerprint density at radius 1 is 1.00 bits per heavy atom. The summed E-state index contributed by atoms with van der Waals surface area (Å²) >= 11 is 0. The molecule has 1 N–H and O–H groups in total. The first-order valence-corrected chi connectivity index (χ1v) is 8.26. The van der Waals surface area contributed by atoms with Crippen LogP contribution in [0, 0.1) is 19.8 Å². The maximum absolute atomic E-state index is 11.8. The number of esters is 1. The van der Waals surface area contributed by atoms with Crippen LogP contribution in [0.15, 0.2) is 36.4 Å². The fourth-order valence-corrected chi connectivity index (χ4v) is 2.59. The number of carbonyl (C=O) groups is 1. The number of hydrogen-bond acceptors (Lipinski definition) is 3. The van der Waals surface area contributed by atoms with Gasteiger partial charge in [0.15, 0.2) is 0 Å². The van der Waals surface area contributed by atoms with Gasteiger partial charge in [-0.3, -0.25) is 4.79 Å². The molecule has 0 saturated carbocycles. The van der Waals surface area contributed by atoms with E-state index >= 15 is 0 Å². The lowest BCUT2D eigenvalue weighted by Crippen LogP contribution is -2.20. The van der Waals surface area contributed by atoms with E-state index in [1.807, 2.05) is 52.0 Å². The van der Waals surface area contributed by atoms with Crippen molar-refractivity contribution in [3.8, 4) is 11.5 Å². The molecule has 0 radical (unpaired) electrons. The van der Waals surface area contributed by atoms with Crippen LogP contribution in [0.4, 0.5) is 0 Å². The third kappa shape index (κ3) is 3.61. The van der Waals surface area contributed by atoms with Crippen LogP contribution in [0.25, 0.3) is 0 Å². The van der Waals surface area contributed by atoms with E-state index in [1.165, 1.54) is 0 Å². The van der Waals surface area contributed by atoms with Crippen molar-refractivity contribution in [3.05, 3.63) is 58.7 Å². The molecule has 0 fully saturated rings. The number of aryl methyl sites for hydroxylation is 2. The van der Waals surface area contributed by atoms with Gasteiger partial charge in [0, 0.05) is 5.41 Å². The lowest BCUT2D eigenvalue weighted by atomic mass is 9.77. The van der Waals surface area contributed by atoms with Crippen LogP contribution in [0.3, 0.4) is 0 Å². The molecule has 2 aromatic rings. The largest absolute Gasteiger partial charge is 0.508 e. The minimum atomic E-state index is -0.223. The molecule has 2 rings (SSSR count). The fraction of sp³-hybridized carbons (Fsp3) is 0.381. The summed E-state index contributed by atoms with van der Waals surface area (Å²) in [7, 11) is 0. The Morgan fingerprint density at radius 2 is 1.54 bits per heavy atom. The molecule has 0 aromatic heterocycles. The zero-order chi connectivity index (χ0) is 18.1. The molecule has 3 heteroatoms. The number of phenolic OH excluding ortho intramolecular Hbond substituents is 1. The molecule has 0 aliphatic rings. The van der Waals surface area contributed by atoms with Crippen molar-refractivity contribution in [2.75, 3.05) is 0 Å². The van der Waals surface area contributed by atoms with Crippen molar-refractivity contribution >= 4 is 5.97 Å². The summed E-state index contributed by atoms with van der Waals surface area (Å²) in [5, 5.41) is 9.74. The maximum atomic E-state index is 11.8. The number of ether oxygens (including phenoxy) is 1. The molecule has 0 spiro atoms. The lowest BCUT2D eigenvalue weighted by Gasteiger charge is -2.27. The standard InChI is InChI=1S/C21H26O3/c1-13(2)20(23)24-19-10-8-17(12-15(19)4)21(5,6)16-7-9-18(22)14(3)11-16/h7-13,22H,1-6H3. The van der Waals surface area contributed by atoms with E-state index < -0.39 is 0 Å². The van der Waals surface area contributed by atoms with E-state index in [4.69, 9.17) is 4.74 Å². The summed E-state index contributed by atoms with van der Waals surface area (Å²) in [5.41, 5.74) is 3.84. The molecule has 24 heavy (non-hydrogen) atoms. The minimum absolute atomic E-state index is 0.152.